The van der Waals surface area contributed by atoms with Gasteiger partial charge in [0, 0.05) is 6.54 Å². The Morgan fingerprint density at radius 1 is 1.47 bits per heavy atom. The Kier molecular flexibility index (Phi) is 4.05. The fraction of sp³-hybridized carbons (Fsp3) is 0.923. The van der Waals surface area contributed by atoms with Crippen LogP contribution in [0.25, 0.3) is 0 Å². The van der Waals surface area contributed by atoms with Crippen molar-refractivity contribution in [1.82, 2.24) is 10.2 Å². The standard InChI is InChI=1S/C13H24N2O2/c1-3-13(4-6-14-7-5-13)12(16)15-8-9-17-10-11(15)2/h11,14H,3-10H2,1-2H3. The van der Waals surface area contributed by atoms with Gasteiger partial charge in [-0.15, -0.1) is 0 Å². The Hall–Kier alpha value is -0.610. The van der Waals surface area contributed by atoms with Gasteiger partial charge in [-0.3, -0.25) is 4.79 Å². The van der Waals surface area contributed by atoms with Crippen LogP contribution >= 0.6 is 0 Å². The molecule has 0 radical (unpaired) electrons. The number of hydrogen-bond acceptors (Lipinski definition) is 3. The van der Waals surface area contributed by atoms with Gasteiger partial charge in [0.05, 0.1) is 24.7 Å². The number of hydrogen-bond donors (Lipinski definition) is 1. The van der Waals surface area contributed by atoms with Crippen molar-refractivity contribution in [3.8, 4) is 0 Å². The highest BCUT2D eigenvalue weighted by atomic mass is 16.5. The number of nitrogens with zero attached hydrogens (tertiary/aromatic N) is 1. The minimum absolute atomic E-state index is 0.114. The number of morpholine rings is 1. The molecule has 0 aromatic carbocycles. The molecule has 1 N–H and O–H groups in total. The molecule has 98 valence electrons. The van der Waals surface area contributed by atoms with Crippen molar-refractivity contribution >= 4 is 5.91 Å². The van der Waals surface area contributed by atoms with Crippen molar-refractivity contribution in [2.24, 2.45) is 5.41 Å². The second kappa shape index (κ2) is 5.36. The summed E-state index contributed by atoms with van der Waals surface area (Å²) >= 11 is 0. The number of piperidine rings is 1. The first-order valence-electron chi connectivity index (χ1n) is 6.79. The molecular formula is C13H24N2O2. The third kappa shape index (κ3) is 2.47. The molecule has 4 heteroatoms. The second-order valence-corrected chi connectivity index (χ2v) is 5.31. The third-order valence-corrected chi connectivity index (χ3v) is 4.32. The lowest BCUT2D eigenvalue weighted by Crippen LogP contribution is -2.55. The van der Waals surface area contributed by atoms with Gasteiger partial charge in [-0.2, -0.15) is 0 Å². The Labute approximate surface area is 104 Å². The van der Waals surface area contributed by atoms with Crippen molar-refractivity contribution in [1.29, 1.82) is 0 Å². The Balaban J connectivity index is 2.10. The summed E-state index contributed by atoms with van der Waals surface area (Å²) in [5.41, 5.74) is -0.114. The monoisotopic (exact) mass is 240 g/mol. The van der Waals surface area contributed by atoms with Crippen LogP contribution in [0.3, 0.4) is 0 Å². The number of nitrogens with one attached hydrogen (secondary N) is 1. The molecule has 17 heavy (non-hydrogen) atoms. The van der Waals surface area contributed by atoms with Crippen molar-refractivity contribution in [3.05, 3.63) is 0 Å². The van der Waals surface area contributed by atoms with Crippen LogP contribution in [0.15, 0.2) is 0 Å². The Morgan fingerprint density at radius 2 is 2.18 bits per heavy atom. The molecule has 2 aliphatic rings. The van der Waals surface area contributed by atoms with Gasteiger partial charge in [0.25, 0.3) is 0 Å². The zero-order valence-corrected chi connectivity index (χ0v) is 11.0. The topological polar surface area (TPSA) is 41.6 Å². The van der Waals surface area contributed by atoms with E-state index in [1.165, 1.54) is 0 Å². The summed E-state index contributed by atoms with van der Waals surface area (Å²) in [7, 11) is 0. The number of ether oxygens (including phenoxy) is 1. The minimum atomic E-state index is -0.114. The SMILES string of the molecule is CCC1(C(=O)N2CCOCC2C)CCNCC1. The lowest BCUT2D eigenvalue weighted by atomic mass is 9.75. The molecule has 0 aliphatic carbocycles. The second-order valence-electron chi connectivity index (χ2n) is 5.31. The first kappa shape index (κ1) is 12.8. The van der Waals surface area contributed by atoms with Crippen LogP contribution in [0.1, 0.15) is 33.1 Å². The van der Waals surface area contributed by atoms with E-state index in [0.717, 1.165) is 38.9 Å². The fourth-order valence-electron chi connectivity index (χ4n) is 2.96. The molecule has 0 aromatic heterocycles. The number of carbonyl (C=O) groups excluding carboxylic acids is 1. The first-order valence-corrected chi connectivity index (χ1v) is 6.79. The van der Waals surface area contributed by atoms with E-state index in [9.17, 15) is 4.79 Å². The largest absolute Gasteiger partial charge is 0.377 e. The lowest BCUT2D eigenvalue weighted by Gasteiger charge is -2.43. The smallest absolute Gasteiger partial charge is 0.229 e. The summed E-state index contributed by atoms with van der Waals surface area (Å²) in [5, 5.41) is 3.35. The van der Waals surface area contributed by atoms with Gasteiger partial charge >= 0.3 is 0 Å². The molecule has 2 fully saturated rings. The van der Waals surface area contributed by atoms with Crippen LogP contribution < -0.4 is 5.32 Å². The van der Waals surface area contributed by atoms with Crippen LogP contribution in [0, 0.1) is 5.41 Å². The molecule has 1 atom stereocenters. The molecule has 2 saturated heterocycles. The zero-order chi connectivity index (χ0) is 12.3. The molecule has 1 amide bonds. The number of carbonyl (C=O) groups is 1. The van der Waals surface area contributed by atoms with E-state index in [1.807, 2.05) is 4.90 Å². The molecule has 2 aliphatic heterocycles. The average molecular weight is 240 g/mol. The van der Waals surface area contributed by atoms with Gasteiger partial charge in [0.15, 0.2) is 0 Å². The quantitative estimate of drug-likeness (QED) is 0.783. The summed E-state index contributed by atoms with van der Waals surface area (Å²) in [5.74, 6) is 0.359. The summed E-state index contributed by atoms with van der Waals surface area (Å²) in [6, 6.07) is 0.231. The van der Waals surface area contributed by atoms with Crippen molar-refractivity contribution in [2.45, 2.75) is 39.2 Å². The minimum Gasteiger partial charge on any atom is -0.377 e. The van der Waals surface area contributed by atoms with Crippen LogP contribution in [0.5, 0.6) is 0 Å². The van der Waals surface area contributed by atoms with E-state index in [4.69, 9.17) is 4.74 Å². The molecule has 2 heterocycles. The zero-order valence-electron chi connectivity index (χ0n) is 11.0. The van der Waals surface area contributed by atoms with Crippen LogP contribution in [0.4, 0.5) is 0 Å². The normalized spacial score (nSPS) is 29.1. The molecule has 0 saturated carbocycles. The fourth-order valence-corrected chi connectivity index (χ4v) is 2.96. The van der Waals surface area contributed by atoms with Gasteiger partial charge in [0.1, 0.15) is 0 Å². The maximum atomic E-state index is 12.8. The highest BCUT2D eigenvalue weighted by Crippen LogP contribution is 2.35. The number of amides is 1. The molecule has 0 aromatic rings. The third-order valence-electron chi connectivity index (χ3n) is 4.32. The van der Waals surface area contributed by atoms with E-state index in [-0.39, 0.29) is 11.5 Å². The summed E-state index contributed by atoms with van der Waals surface area (Å²) < 4.78 is 5.41. The van der Waals surface area contributed by atoms with E-state index in [1.54, 1.807) is 0 Å². The highest BCUT2D eigenvalue weighted by molar-refractivity contribution is 5.83. The molecule has 2 rings (SSSR count). The summed E-state index contributed by atoms with van der Waals surface area (Å²) in [6.45, 7) is 8.31. The van der Waals surface area contributed by atoms with Crippen LogP contribution in [-0.4, -0.2) is 49.7 Å². The van der Waals surface area contributed by atoms with Gasteiger partial charge in [0.2, 0.25) is 5.91 Å². The molecule has 0 spiro atoms. The van der Waals surface area contributed by atoms with Crippen LogP contribution in [0.2, 0.25) is 0 Å². The number of rotatable bonds is 2. The van der Waals surface area contributed by atoms with E-state index in [0.29, 0.717) is 19.1 Å². The predicted octanol–water partition coefficient (Wildman–Crippen LogP) is 1.01. The molecule has 4 nitrogen and oxygen atoms in total. The Morgan fingerprint density at radius 3 is 2.76 bits per heavy atom. The molecular weight excluding hydrogens is 216 g/mol. The van der Waals surface area contributed by atoms with Crippen LogP contribution in [-0.2, 0) is 9.53 Å². The summed E-state index contributed by atoms with van der Waals surface area (Å²) in [4.78, 5) is 14.8. The summed E-state index contributed by atoms with van der Waals surface area (Å²) in [6.07, 6.45) is 2.91. The average Bonchev–Trinajstić information content (AvgIpc) is 2.39. The molecule has 0 bridgehead atoms. The van der Waals surface area contributed by atoms with Crippen molar-refractivity contribution in [3.63, 3.8) is 0 Å². The maximum Gasteiger partial charge on any atom is 0.229 e. The Bertz CT molecular complexity index is 275. The van der Waals surface area contributed by atoms with Gasteiger partial charge in [-0.25, -0.2) is 0 Å². The van der Waals surface area contributed by atoms with Gasteiger partial charge in [-0.05, 0) is 39.3 Å². The highest BCUT2D eigenvalue weighted by Gasteiger charge is 2.42. The van der Waals surface area contributed by atoms with Crippen molar-refractivity contribution in [2.75, 3.05) is 32.8 Å². The molecule has 1 unspecified atom stereocenters. The van der Waals surface area contributed by atoms with Gasteiger partial charge in [-0.1, -0.05) is 6.92 Å². The maximum absolute atomic E-state index is 12.8. The van der Waals surface area contributed by atoms with E-state index < -0.39 is 0 Å². The van der Waals surface area contributed by atoms with Crippen molar-refractivity contribution < 1.29 is 9.53 Å². The van der Waals surface area contributed by atoms with E-state index >= 15 is 0 Å². The lowest BCUT2D eigenvalue weighted by molar-refractivity contribution is -0.152. The first-order chi connectivity index (χ1) is 8.19. The van der Waals surface area contributed by atoms with E-state index in [2.05, 4.69) is 19.2 Å². The van der Waals surface area contributed by atoms with Gasteiger partial charge < -0.3 is 15.0 Å². The predicted molar refractivity (Wildman–Crippen MR) is 66.8 cm³/mol.